The maximum Gasteiger partial charge on any atom is 0.332 e. The van der Waals surface area contributed by atoms with Crippen molar-refractivity contribution < 1.29 is 18.0 Å². The Kier molecular flexibility index (Phi) is 6.84. The zero-order chi connectivity index (χ0) is 31.5. The summed E-state index contributed by atoms with van der Waals surface area (Å²) in [6, 6.07) is 13.0. The normalized spacial score (nSPS) is 19.6. The standard InChI is InChI=1S/C30H30N10O4S/c1-17(41)35-29-37-33-16-38(29)30(42)39-21-9-10-22(39)13-20(12-21)25-26(45(2,43)44)27(31)40-28(36-25)23(15-34-40)19-8-11-24(32-14-19)18-6-4-3-5-7-18/h3-8,11,14-16,20-22H,9-10,12-13,31H2,1-2H3,(H,35,37,41)/t20-,21+,22-. The number of hydrogen-bond acceptors (Lipinski definition) is 10. The van der Waals surface area contributed by atoms with E-state index in [-0.39, 0.29) is 46.6 Å². The van der Waals surface area contributed by atoms with Crippen LogP contribution in [0.4, 0.5) is 16.6 Å². The zero-order valence-electron chi connectivity index (χ0n) is 24.5. The Balaban J connectivity index is 1.25. The van der Waals surface area contributed by atoms with E-state index in [1.165, 1.54) is 22.3 Å². The molecule has 14 nitrogen and oxygen atoms in total. The van der Waals surface area contributed by atoms with E-state index in [2.05, 4.69) is 25.6 Å². The van der Waals surface area contributed by atoms with Gasteiger partial charge in [-0.05, 0) is 31.7 Å². The molecule has 45 heavy (non-hydrogen) atoms. The van der Waals surface area contributed by atoms with Crippen molar-refractivity contribution in [2.75, 3.05) is 17.3 Å². The number of sulfone groups is 1. The third-order valence-corrected chi connectivity index (χ3v) is 9.72. The van der Waals surface area contributed by atoms with Crippen LogP contribution < -0.4 is 11.1 Å². The predicted molar refractivity (Wildman–Crippen MR) is 165 cm³/mol. The number of nitrogen functional groups attached to an aromatic ring is 1. The van der Waals surface area contributed by atoms with Crippen molar-refractivity contribution in [1.29, 1.82) is 0 Å². The molecule has 0 spiro atoms. The second-order valence-electron chi connectivity index (χ2n) is 11.5. The fraction of sp³-hybridized carbons (Fsp3) is 0.300. The fourth-order valence-corrected chi connectivity index (χ4v) is 7.72. The van der Waals surface area contributed by atoms with Crippen LogP contribution in [0, 0.1) is 0 Å². The molecule has 2 fully saturated rings. The van der Waals surface area contributed by atoms with Gasteiger partial charge in [-0.1, -0.05) is 36.4 Å². The molecule has 4 aromatic heterocycles. The van der Waals surface area contributed by atoms with Crippen LogP contribution >= 0.6 is 0 Å². The molecule has 1 aromatic carbocycles. The minimum atomic E-state index is -3.80. The van der Waals surface area contributed by atoms with Gasteiger partial charge in [0.1, 0.15) is 17.0 Å². The molecule has 0 radical (unpaired) electrons. The zero-order valence-corrected chi connectivity index (χ0v) is 25.3. The van der Waals surface area contributed by atoms with Gasteiger partial charge in [-0.3, -0.25) is 15.1 Å². The largest absolute Gasteiger partial charge is 0.382 e. The maximum atomic E-state index is 13.6. The molecule has 3 N–H and O–H groups in total. The van der Waals surface area contributed by atoms with E-state index in [0.29, 0.717) is 29.7 Å². The van der Waals surface area contributed by atoms with Crippen molar-refractivity contribution in [3.8, 4) is 22.4 Å². The molecule has 5 aromatic rings. The summed E-state index contributed by atoms with van der Waals surface area (Å²) >= 11 is 0. The van der Waals surface area contributed by atoms with Gasteiger partial charge >= 0.3 is 6.03 Å². The summed E-state index contributed by atoms with van der Waals surface area (Å²) in [6.45, 7) is 1.33. The van der Waals surface area contributed by atoms with Crippen LogP contribution in [0.3, 0.4) is 0 Å². The molecule has 2 aliphatic rings. The summed E-state index contributed by atoms with van der Waals surface area (Å²) in [5.41, 5.74) is 10.6. The number of amides is 2. The third-order valence-electron chi connectivity index (χ3n) is 8.56. The number of nitrogens with zero attached hydrogens (tertiary/aromatic N) is 8. The van der Waals surface area contributed by atoms with Gasteiger partial charge in [-0.2, -0.15) is 9.61 Å². The van der Waals surface area contributed by atoms with E-state index in [1.54, 1.807) is 17.3 Å². The number of nitrogens with two attached hydrogens (primary N) is 1. The molecule has 7 rings (SSSR count). The third kappa shape index (κ3) is 4.98. The molecule has 0 unspecified atom stereocenters. The molecule has 3 atom stereocenters. The molecule has 0 aliphatic carbocycles. The number of pyridine rings is 1. The molecule has 15 heteroatoms. The highest BCUT2D eigenvalue weighted by Crippen LogP contribution is 2.45. The first-order chi connectivity index (χ1) is 21.6. The first kappa shape index (κ1) is 28.6. The molecule has 2 aliphatic heterocycles. The molecular weight excluding hydrogens is 596 g/mol. The minimum Gasteiger partial charge on any atom is -0.382 e. The Morgan fingerprint density at radius 1 is 1.00 bits per heavy atom. The number of carbonyl (C=O) groups excluding carboxylic acids is 2. The average molecular weight is 627 g/mol. The van der Waals surface area contributed by atoms with Crippen molar-refractivity contribution in [1.82, 2.24) is 39.2 Å². The SMILES string of the molecule is CC(=O)Nc1nncn1C(=O)N1[C@@H]2CC[C@H]1C[C@@H](c1nc3c(-c4ccc(-c5ccccc5)nc4)cnn3c(N)c1S(C)(=O)=O)C2. The van der Waals surface area contributed by atoms with E-state index in [4.69, 9.17) is 10.7 Å². The van der Waals surface area contributed by atoms with Gasteiger partial charge in [0.25, 0.3) is 0 Å². The summed E-state index contributed by atoms with van der Waals surface area (Å²) < 4.78 is 28.9. The second-order valence-corrected chi connectivity index (χ2v) is 13.5. The maximum absolute atomic E-state index is 13.6. The highest BCUT2D eigenvalue weighted by atomic mass is 32.2. The van der Waals surface area contributed by atoms with E-state index >= 15 is 0 Å². The van der Waals surface area contributed by atoms with Crippen LogP contribution in [0.25, 0.3) is 28.0 Å². The van der Waals surface area contributed by atoms with Crippen LogP contribution in [0.5, 0.6) is 0 Å². The van der Waals surface area contributed by atoms with Gasteiger partial charge in [0.05, 0.1) is 17.6 Å². The lowest BCUT2D eigenvalue weighted by Gasteiger charge is -2.39. The van der Waals surface area contributed by atoms with Crippen LogP contribution in [0.15, 0.2) is 66.1 Å². The Labute approximate surface area is 258 Å². The number of benzene rings is 1. The number of aromatic nitrogens is 7. The number of hydrogen-bond donors (Lipinski definition) is 2. The van der Waals surface area contributed by atoms with Gasteiger partial charge in [0, 0.05) is 54.1 Å². The Bertz CT molecular complexity index is 2040. The lowest BCUT2D eigenvalue weighted by molar-refractivity contribution is -0.114. The molecule has 230 valence electrons. The molecule has 2 amide bonds. The first-order valence-electron chi connectivity index (χ1n) is 14.5. The van der Waals surface area contributed by atoms with E-state index in [0.717, 1.165) is 35.9 Å². The summed E-state index contributed by atoms with van der Waals surface area (Å²) in [4.78, 5) is 36.5. The smallest absolute Gasteiger partial charge is 0.332 e. The summed E-state index contributed by atoms with van der Waals surface area (Å²) in [6.07, 6.45) is 8.22. The first-order valence-corrected chi connectivity index (χ1v) is 16.4. The minimum absolute atomic E-state index is 0.00657. The Hall–Kier alpha value is -5.18. The summed E-state index contributed by atoms with van der Waals surface area (Å²) in [5.74, 6) is -0.602. The van der Waals surface area contributed by atoms with Gasteiger partial charge in [-0.15, -0.1) is 10.2 Å². The van der Waals surface area contributed by atoms with Gasteiger partial charge < -0.3 is 10.6 Å². The second kappa shape index (κ2) is 10.8. The quantitative estimate of drug-likeness (QED) is 0.293. The van der Waals surface area contributed by atoms with E-state index < -0.39 is 9.84 Å². The van der Waals surface area contributed by atoms with E-state index in [1.807, 2.05) is 42.5 Å². The van der Waals surface area contributed by atoms with Crippen LogP contribution in [-0.4, -0.2) is 77.9 Å². The Morgan fingerprint density at radius 2 is 1.73 bits per heavy atom. The van der Waals surface area contributed by atoms with Crippen molar-refractivity contribution in [2.45, 2.75) is 55.5 Å². The topological polar surface area (TPSA) is 183 Å². The highest BCUT2D eigenvalue weighted by Gasteiger charge is 2.46. The summed E-state index contributed by atoms with van der Waals surface area (Å²) in [5, 5.41) is 14.6. The molecule has 0 saturated carbocycles. The van der Waals surface area contributed by atoms with Gasteiger partial charge in [0.2, 0.25) is 11.9 Å². The number of fused-ring (bicyclic) bond motifs is 3. The average Bonchev–Trinajstić information content (AvgIpc) is 3.72. The fourth-order valence-electron chi connectivity index (χ4n) is 6.67. The van der Waals surface area contributed by atoms with Crippen molar-refractivity contribution in [2.24, 2.45) is 0 Å². The number of carbonyl (C=O) groups is 2. The summed E-state index contributed by atoms with van der Waals surface area (Å²) in [7, 11) is -3.80. The van der Waals surface area contributed by atoms with Crippen LogP contribution in [-0.2, 0) is 14.6 Å². The highest BCUT2D eigenvalue weighted by molar-refractivity contribution is 7.91. The Morgan fingerprint density at radius 3 is 2.38 bits per heavy atom. The lowest BCUT2D eigenvalue weighted by Crippen LogP contribution is -2.48. The lowest BCUT2D eigenvalue weighted by atomic mass is 9.88. The molecular formula is C30H30N10O4S. The van der Waals surface area contributed by atoms with Gasteiger partial charge in [0.15, 0.2) is 15.5 Å². The molecule has 2 bridgehead atoms. The molecule has 6 heterocycles. The predicted octanol–water partition coefficient (Wildman–Crippen LogP) is 3.37. The number of rotatable bonds is 5. The van der Waals surface area contributed by atoms with Crippen molar-refractivity contribution in [3.63, 3.8) is 0 Å². The van der Waals surface area contributed by atoms with E-state index in [9.17, 15) is 18.0 Å². The van der Waals surface area contributed by atoms with Gasteiger partial charge in [-0.25, -0.2) is 22.8 Å². The van der Waals surface area contributed by atoms with Crippen molar-refractivity contribution >= 4 is 39.2 Å². The number of nitrogens with one attached hydrogen (secondary N) is 1. The van der Waals surface area contributed by atoms with Crippen LogP contribution in [0.1, 0.15) is 44.2 Å². The number of piperidine rings is 1. The monoisotopic (exact) mass is 626 g/mol. The molecule has 2 saturated heterocycles. The van der Waals surface area contributed by atoms with Crippen molar-refractivity contribution in [3.05, 3.63) is 66.9 Å². The van der Waals surface area contributed by atoms with Crippen LogP contribution in [0.2, 0.25) is 0 Å². The number of anilines is 2.